The second kappa shape index (κ2) is 6.39. The Bertz CT molecular complexity index is 647. The van der Waals surface area contributed by atoms with Gasteiger partial charge in [0.15, 0.2) is 0 Å². The number of benzene rings is 1. The van der Waals surface area contributed by atoms with Crippen LogP contribution < -0.4 is 0 Å². The van der Waals surface area contributed by atoms with Crippen LogP contribution in [0.3, 0.4) is 0 Å². The number of hydrogen-bond donors (Lipinski definition) is 1. The minimum Gasteiger partial charge on any atom is -0.379 e. The third-order valence-corrected chi connectivity index (χ3v) is 6.60. The Morgan fingerprint density at radius 1 is 1.04 bits per heavy atom. The van der Waals surface area contributed by atoms with Crippen LogP contribution in [0.4, 0.5) is 0 Å². The fourth-order valence-corrected chi connectivity index (χ4v) is 5.21. The van der Waals surface area contributed by atoms with Crippen molar-refractivity contribution >= 4 is 11.3 Å². The summed E-state index contributed by atoms with van der Waals surface area (Å²) in [6, 6.07) is 13.1. The third-order valence-electron chi connectivity index (χ3n) is 5.58. The molecule has 4 rings (SSSR count). The largest absolute Gasteiger partial charge is 0.379 e. The SMILES string of the molecule is O[C@]1(c2cccs2)C[C@@H](N2CCCCC2)CCc2ccccc21. The summed E-state index contributed by atoms with van der Waals surface area (Å²) >= 11 is 1.68. The highest BCUT2D eigenvalue weighted by Crippen LogP contribution is 2.42. The Hall–Kier alpha value is -1.16. The average molecular weight is 327 g/mol. The van der Waals surface area contributed by atoms with Crippen molar-refractivity contribution in [1.82, 2.24) is 4.90 Å². The molecule has 23 heavy (non-hydrogen) atoms. The number of piperidine rings is 1. The minimum absolute atomic E-state index is 0.481. The van der Waals surface area contributed by atoms with E-state index in [1.54, 1.807) is 11.3 Å². The molecule has 1 saturated heterocycles. The van der Waals surface area contributed by atoms with E-state index in [9.17, 15) is 5.11 Å². The Kier molecular flexibility index (Phi) is 4.27. The van der Waals surface area contributed by atoms with E-state index in [0.717, 1.165) is 29.7 Å². The molecule has 2 aromatic rings. The minimum atomic E-state index is -0.830. The Morgan fingerprint density at radius 3 is 2.65 bits per heavy atom. The van der Waals surface area contributed by atoms with Crippen molar-refractivity contribution in [3.63, 3.8) is 0 Å². The number of nitrogens with zero attached hydrogens (tertiary/aromatic N) is 1. The highest BCUT2D eigenvalue weighted by Gasteiger charge is 2.40. The number of fused-ring (bicyclic) bond motifs is 1. The molecule has 2 nitrogen and oxygen atoms in total. The van der Waals surface area contributed by atoms with E-state index >= 15 is 0 Å². The molecule has 0 spiro atoms. The van der Waals surface area contributed by atoms with Crippen LogP contribution >= 0.6 is 11.3 Å². The molecule has 2 heterocycles. The molecule has 1 aromatic carbocycles. The molecule has 3 heteroatoms. The number of aryl methyl sites for hydroxylation is 1. The molecular weight excluding hydrogens is 302 g/mol. The Morgan fingerprint density at radius 2 is 1.87 bits per heavy atom. The van der Waals surface area contributed by atoms with Crippen molar-refractivity contribution in [3.05, 3.63) is 57.8 Å². The first-order valence-electron chi connectivity index (χ1n) is 8.86. The monoisotopic (exact) mass is 327 g/mol. The summed E-state index contributed by atoms with van der Waals surface area (Å²) in [5, 5.41) is 13.8. The van der Waals surface area contributed by atoms with E-state index in [1.165, 1.54) is 37.9 Å². The van der Waals surface area contributed by atoms with Gasteiger partial charge in [-0.05, 0) is 61.3 Å². The maximum Gasteiger partial charge on any atom is 0.125 e. The lowest BCUT2D eigenvalue weighted by molar-refractivity contribution is 0.0322. The number of likely N-dealkylation sites (tertiary alicyclic amines) is 1. The smallest absolute Gasteiger partial charge is 0.125 e. The summed E-state index contributed by atoms with van der Waals surface area (Å²) in [5.74, 6) is 0. The van der Waals surface area contributed by atoms with Crippen LogP contribution in [0.5, 0.6) is 0 Å². The fraction of sp³-hybridized carbons (Fsp3) is 0.500. The third kappa shape index (κ3) is 2.86. The van der Waals surface area contributed by atoms with Gasteiger partial charge in [0.2, 0.25) is 0 Å². The molecule has 1 aromatic heterocycles. The van der Waals surface area contributed by atoms with E-state index in [2.05, 4.69) is 46.7 Å². The van der Waals surface area contributed by atoms with Gasteiger partial charge >= 0.3 is 0 Å². The van der Waals surface area contributed by atoms with E-state index in [-0.39, 0.29) is 0 Å². The van der Waals surface area contributed by atoms with Crippen molar-refractivity contribution in [3.8, 4) is 0 Å². The molecule has 0 amide bonds. The molecule has 0 radical (unpaired) electrons. The first-order chi connectivity index (χ1) is 11.3. The zero-order valence-corrected chi connectivity index (χ0v) is 14.4. The molecule has 2 aliphatic rings. The van der Waals surface area contributed by atoms with Crippen LogP contribution in [0.1, 0.15) is 48.1 Å². The number of thiophene rings is 1. The topological polar surface area (TPSA) is 23.5 Å². The van der Waals surface area contributed by atoms with E-state index < -0.39 is 5.60 Å². The lowest BCUT2D eigenvalue weighted by Gasteiger charge is -2.38. The number of aliphatic hydroxyl groups is 1. The van der Waals surface area contributed by atoms with Crippen molar-refractivity contribution in [2.75, 3.05) is 13.1 Å². The van der Waals surface area contributed by atoms with Crippen LogP contribution in [0.25, 0.3) is 0 Å². The van der Waals surface area contributed by atoms with Gasteiger partial charge in [-0.2, -0.15) is 0 Å². The molecule has 1 fully saturated rings. The number of hydrogen-bond acceptors (Lipinski definition) is 3. The first-order valence-corrected chi connectivity index (χ1v) is 9.74. The summed E-state index contributed by atoms with van der Waals surface area (Å²) in [7, 11) is 0. The molecule has 2 atom stereocenters. The molecule has 0 bridgehead atoms. The van der Waals surface area contributed by atoms with Crippen LogP contribution in [0.15, 0.2) is 41.8 Å². The van der Waals surface area contributed by atoms with Crippen molar-refractivity contribution in [2.24, 2.45) is 0 Å². The summed E-state index contributed by atoms with van der Waals surface area (Å²) in [4.78, 5) is 3.72. The van der Waals surface area contributed by atoms with Gasteiger partial charge in [0.1, 0.15) is 5.60 Å². The predicted molar refractivity (Wildman–Crippen MR) is 95.9 cm³/mol. The van der Waals surface area contributed by atoms with E-state index in [1.807, 2.05) is 0 Å². The van der Waals surface area contributed by atoms with Gasteiger partial charge in [0.25, 0.3) is 0 Å². The van der Waals surface area contributed by atoms with Gasteiger partial charge in [0.05, 0.1) is 0 Å². The highest BCUT2D eigenvalue weighted by atomic mass is 32.1. The summed E-state index contributed by atoms with van der Waals surface area (Å²) in [6.45, 7) is 2.39. The second-order valence-electron chi connectivity index (χ2n) is 6.99. The molecule has 1 aliphatic heterocycles. The summed E-state index contributed by atoms with van der Waals surface area (Å²) in [5.41, 5.74) is 1.62. The highest BCUT2D eigenvalue weighted by molar-refractivity contribution is 7.10. The number of rotatable bonds is 2. The van der Waals surface area contributed by atoms with Crippen molar-refractivity contribution in [1.29, 1.82) is 0 Å². The van der Waals surface area contributed by atoms with E-state index in [4.69, 9.17) is 0 Å². The molecule has 1 N–H and O–H groups in total. The van der Waals surface area contributed by atoms with Gasteiger partial charge in [-0.1, -0.05) is 36.8 Å². The fourth-order valence-electron chi connectivity index (χ4n) is 4.36. The van der Waals surface area contributed by atoms with Crippen molar-refractivity contribution < 1.29 is 5.11 Å². The van der Waals surface area contributed by atoms with Gasteiger partial charge < -0.3 is 10.0 Å². The zero-order chi connectivity index (χ0) is 15.7. The van der Waals surface area contributed by atoms with Gasteiger partial charge in [-0.25, -0.2) is 0 Å². The zero-order valence-electron chi connectivity index (χ0n) is 13.6. The van der Waals surface area contributed by atoms with Crippen LogP contribution in [-0.4, -0.2) is 29.1 Å². The van der Waals surface area contributed by atoms with Crippen LogP contribution in [-0.2, 0) is 12.0 Å². The van der Waals surface area contributed by atoms with Gasteiger partial charge in [-0.3, -0.25) is 0 Å². The lowest BCUT2D eigenvalue weighted by Crippen LogP contribution is -2.43. The normalized spacial score (nSPS) is 29.0. The molecule has 0 saturated carbocycles. The van der Waals surface area contributed by atoms with Crippen LogP contribution in [0.2, 0.25) is 0 Å². The molecule has 1 aliphatic carbocycles. The second-order valence-corrected chi connectivity index (χ2v) is 7.94. The lowest BCUT2D eigenvalue weighted by atomic mass is 9.85. The first kappa shape index (κ1) is 15.4. The summed E-state index contributed by atoms with van der Waals surface area (Å²) < 4.78 is 0. The Labute approximate surface area is 142 Å². The quantitative estimate of drug-likeness (QED) is 0.837. The molecule has 122 valence electrons. The predicted octanol–water partition coefficient (Wildman–Crippen LogP) is 4.17. The van der Waals surface area contributed by atoms with Crippen LogP contribution in [0, 0.1) is 0 Å². The summed E-state index contributed by atoms with van der Waals surface area (Å²) in [6.07, 6.45) is 7.03. The molecular formula is C20H25NOS. The molecule has 0 unspecified atom stereocenters. The van der Waals surface area contributed by atoms with Crippen molar-refractivity contribution in [2.45, 2.75) is 50.2 Å². The van der Waals surface area contributed by atoms with Gasteiger partial charge in [-0.15, -0.1) is 11.3 Å². The maximum atomic E-state index is 11.7. The van der Waals surface area contributed by atoms with E-state index in [0.29, 0.717) is 6.04 Å². The van der Waals surface area contributed by atoms with Gasteiger partial charge in [0, 0.05) is 17.3 Å². The maximum absolute atomic E-state index is 11.7. The average Bonchev–Trinajstić information content (AvgIpc) is 3.10. The Balaban J connectivity index is 1.73. The standard InChI is InChI=1S/C20H25NOS/c22-20(19-9-6-14-23-19)15-17(21-12-4-1-5-13-21)11-10-16-7-2-3-8-18(16)20/h2-3,6-9,14,17,22H,1,4-5,10-13,15H2/t17-,20+/m0/s1.